The molecule has 1 heteroatoms. The van der Waals surface area contributed by atoms with E-state index in [4.69, 9.17) is 0 Å². The van der Waals surface area contributed by atoms with Gasteiger partial charge in [0.1, 0.15) is 0 Å². The van der Waals surface area contributed by atoms with Crippen molar-refractivity contribution >= 4 is 22.6 Å². The van der Waals surface area contributed by atoms with Crippen molar-refractivity contribution in [1.82, 2.24) is 0 Å². The van der Waals surface area contributed by atoms with Crippen molar-refractivity contribution in [2.75, 3.05) is 0 Å². The molecule has 0 amide bonds. The minimum Gasteiger partial charge on any atom is -0.0651 e. The first-order valence-corrected chi connectivity index (χ1v) is 4.91. The van der Waals surface area contributed by atoms with E-state index in [9.17, 15) is 0 Å². The highest BCUT2D eigenvalue weighted by molar-refractivity contribution is 14.1. The summed E-state index contributed by atoms with van der Waals surface area (Å²) in [5, 5.41) is 0. The molecule has 59 valence electrons. The van der Waals surface area contributed by atoms with Gasteiger partial charge in [0.05, 0.1) is 0 Å². The quantitative estimate of drug-likeness (QED) is 0.714. The molecular formula is C10H12I. The average Bonchev–Trinajstić information content (AvgIpc) is 1.85. The third kappa shape index (κ3) is 2.81. The van der Waals surface area contributed by atoms with Crippen molar-refractivity contribution < 1.29 is 0 Å². The lowest BCUT2D eigenvalue weighted by atomic mass is 10.1. The fraction of sp³-hybridized carbons (Fsp3) is 0.300. The summed E-state index contributed by atoms with van der Waals surface area (Å²) in [5.41, 5.74) is 2.53. The largest absolute Gasteiger partial charge is 0.0651 e. The van der Waals surface area contributed by atoms with Gasteiger partial charge in [0.2, 0.25) is 0 Å². The SMILES string of the molecule is [CH2]c1cc(I)cc(CCC)c1. The first-order valence-electron chi connectivity index (χ1n) is 3.84. The Kier molecular flexibility index (Phi) is 3.37. The van der Waals surface area contributed by atoms with Gasteiger partial charge in [-0.15, -0.1) is 0 Å². The predicted molar refractivity (Wildman–Crippen MR) is 57.6 cm³/mol. The maximum Gasteiger partial charge on any atom is 0.0135 e. The average molecular weight is 259 g/mol. The van der Waals surface area contributed by atoms with Gasteiger partial charge >= 0.3 is 0 Å². The highest BCUT2D eigenvalue weighted by atomic mass is 127. The molecule has 0 bridgehead atoms. The van der Waals surface area contributed by atoms with Gasteiger partial charge < -0.3 is 0 Å². The summed E-state index contributed by atoms with van der Waals surface area (Å²) in [7, 11) is 0. The molecule has 0 N–H and O–H groups in total. The lowest BCUT2D eigenvalue weighted by molar-refractivity contribution is 0.920. The molecule has 0 aliphatic rings. The first kappa shape index (κ1) is 9.04. The van der Waals surface area contributed by atoms with E-state index in [0.717, 1.165) is 5.56 Å². The van der Waals surface area contributed by atoms with E-state index in [2.05, 4.69) is 54.6 Å². The maximum absolute atomic E-state index is 3.92. The number of hydrogen-bond donors (Lipinski definition) is 0. The molecule has 1 aromatic rings. The van der Waals surface area contributed by atoms with Crippen LogP contribution in [0.15, 0.2) is 18.2 Å². The normalized spacial score (nSPS) is 10.1. The van der Waals surface area contributed by atoms with E-state index in [0.29, 0.717) is 0 Å². The lowest BCUT2D eigenvalue weighted by Crippen LogP contribution is -1.85. The standard InChI is InChI=1S/C10H12I/c1-3-4-9-5-8(2)6-10(11)7-9/h5-7H,2-4H2,1H3. The van der Waals surface area contributed by atoms with Gasteiger partial charge in [-0.25, -0.2) is 0 Å². The van der Waals surface area contributed by atoms with E-state index < -0.39 is 0 Å². The molecule has 11 heavy (non-hydrogen) atoms. The Hall–Kier alpha value is -0.0500. The van der Waals surface area contributed by atoms with Crippen LogP contribution in [0.5, 0.6) is 0 Å². The fourth-order valence-electron chi connectivity index (χ4n) is 1.15. The van der Waals surface area contributed by atoms with E-state index in [1.54, 1.807) is 0 Å². The van der Waals surface area contributed by atoms with Crippen LogP contribution in [-0.2, 0) is 6.42 Å². The molecule has 0 saturated carbocycles. The van der Waals surface area contributed by atoms with E-state index >= 15 is 0 Å². The van der Waals surface area contributed by atoms with Crippen LogP contribution in [-0.4, -0.2) is 0 Å². The van der Waals surface area contributed by atoms with Crippen LogP contribution >= 0.6 is 22.6 Å². The highest BCUT2D eigenvalue weighted by Gasteiger charge is 1.94. The van der Waals surface area contributed by atoms with E-state index in [1.807, 2.05) is 0 Å². The van der Waals surface area contributed by atoms with Gasteiger partial charge in [0.25, 0.3) is 0 Å². The van der Waals surface area contributed by atoms with Gasteiger partial charge in [-0.1, -0.05) is 19.4 Å². The van der Waals surface area contributed by atoms with Crippen LogP contribution in [0.1, 0.15) is 24.5 Å². The van der Waals surface area contributed by atoms with Crippen molar-refractivity contribution in [3.8, 4) is 0 Å². The second-order valence-electron chi connectivity index (χ2n) is 2.72. The molecule has 0 spiro atoms. The van der Waals surface area contributed by atoms with Crippen molar-refractivity contribution in [1.29, 1.82) is 0 Å². The van der Waals surface area contributed by atoms with Crippen molar-refractivity contribution in [2.24, 2.45) is 0 Å². The molecule has 0 fully saturated rings. The summed E-state index contributed by atoms with van der Waals surface area (Å²) in [5.74, 6) is 0. The van der Waals surface area contributed by atoms with Crippen LogP contribution in [0.3, 0.4) is 0 Å². The zero-order valence-electron chi connectivity index (χ0n) is 6.73. The first-order chi connectivity index (χ1) is 5.22. The monoisotopic (exact) mass is 259 g/mol. The van der Waals surface area contributed by atoms with Gasteiger partial charge in [-0.2, -0.15) is 0 Å². The molecule has 0 aliphatic heterocycles. The molecule has 0 saturated heterocycles. The zero-order chi connectivity index (χ0) is 8.27. The fourth-order valence-corrected chi connectivity index (χ4v) is 1.95. The Morgan fingerprint density at radius 1 is 1.36 bits per heavy atom. The minimum absolute atomic E-state index is 1.13. The lowest BCUT2D eigenvalue weighted by Gasteiger charge is -2.01. The smallest absolute Gasteiger partial charge is 0.0135 e. The Bertz CT molecular complexity index is 220. The molecule has 1 aromatic carbocycles. The highest BCUT2D eigenvalue weighted by Crippen LogP contribution is 2.12. The zero-order valence-corrected chi connectivity index (χ0v) is 8.89. The Morgan fingerprint density at radius 2 is 2.09 bits per heavy atom. The van der Waals surface area contributed by atoms with Crippen LogP contribution in [0.4, 0.5) is 0 Å². The summed E-state index contributed by atoms with van der Waals surface area (Å²) < 4.78 is 1.29. The Balaban J connectivity index is 2.89. The number of rotatable bonds is 2. The number of benzene rings is 1. The summed E-state index contributed by atoms with van der Waals surface area (Å²) in [6.07, 6.45) is 2.37. The molecule has 0 aliphatic carbocycles. The van der Waals surface area contributed by atoms with Gasteiger partial charge in [0, 0.05) is 3.57 Å². The summed E-state index contributed by atoms with van der Waals surface area (Å²) in [4.78, 5) is 0. The number of aryl methyl sites for hydroxylation is 1. The van der Waals surface area contributed by atoms with Crippen molar-refractivity contribution in [2.45, 2.75) is 19.8 Å². The summed E-state index contributed by atoms with van der Waals surface area (Å²) >= 11 is 2.33. The Morgan fingerprint density at radius 3 is 2.64 bits per heavy atom. The third-order valence-electron chi connectivity index (χ3n) is 1.56. The molecule has 0 atom stereocenters. The molecule has 1 radical (unpaired) electrons. The molecule has 0 nitrogen and oxygen atoms in total. The number of hydrogen-bond acceptors (Lipinski definition) is 0. The molecule has 0 unspecified atom stereocenters. The number of halogens is 1. The van der Waals surface area contributed by atoms with E-state index in [-0.39, 0.29) is 0 Å². The molecule has 0 heterocycles. The minimum atomic E-state index is 1.13. The predicted octanol–water partition coefficient (Wildman–Crippen LogP) is 3.43. The van der Waals surface area contributed by atoms with Crippen LogP contribution < -0.4 is 0 Å². The van der Waals surface area contributed by atoms with Crippen molar-refractivity contribution in [3.63, 3.8) is 0 Å². The van der Waals surface area contributed by atoms with E-state index in [1.165, 1.54) is 22.0 Å². The Labute approximate surface area is 82.2 Å². The second-order valence-corrected chi connectivity index (χ2v) is 3.96. The summed E-state index contributed by atoms with van der Waals surface area (Å²) in [6, 6.07) is 6.48. The van der Waals surface area contributed by atoms with Crippen molar-refractivity contribution in [3.05, 3.63) is 39.8 Å². The third-order valence-corrected chi connectivity index (χ3v) is 2.18. The van der Waals surface area contributed by atoms with Crippen LogP contribution in [0.2, 0.25) is 0 Å². The van der Waals surface area contributed by atoms with Crippen LogP contribution in [0.25, 0.3) is 0 Å². The summed E-state index contributed by atoms with van der Waals surface area (Å²) in [6.45, 7) is 6.12. The van der Waals surface area contributed by atoms with Crippen LogP contribution in [0, 0.1) is 10.5 Å². The maximum atomic E-state index is 3.92. The molecule has 1 rings (SSSR count). The molecule has 0 aromatic heterocycles. The molecular weight excluding hydrogens is 247 g/mol. The van der Waals surface area contributed by atoms with Gasteiger partial charge in [-0.3, -0.25) is 0 Å². The van der Waals surface area contributed by atoms with Gasteiger partial charge in [-0.05, 0) is 59.2 Å². The second kappa shape index (κ2) is 4.10. The van der Waals surface area contributed by atoms with Gasteiger partial charge in [0.15, 0.2) is 0 Å². The topological polar surface area (TPSA) is 0 Å².